The molecule has 10 heteroatoms. The molecule has 1 N–H and O–H groups in total. The van der Waals surface area contributed by atoms with Crippen LogP contribution in [0.2, 0.25) is 0 Å². The molecule has 1 aliphatic heterocycles. The van der Waals surface area contributed by atoms with Gasteiger partial charge in [0.25, 0.3) is 0 Å². The maximum Gasteiger partial charge on any atom is 0.328 e. The number of carbonyl (C=O) groups is 2. The summed E-state index contributed by atoms with van der Waals surface area (Å²) in [4.78, 5) is 24.9. The van der Waals surface area contributed by atoms with Crippen LogP contribution in [0.4, 0.5) is 0 Å². The summed E-state index contributed by atoms with van der Waals surface area (Å²) in [5.41, 5.74) is 0. The third-order valence-corrected chi connectivity index (χ3v) is 6.88. The molecule has 1 fully saturated rings. The first kappa shape index (κ1) is 23.9. The number of rotatable bonds is 9. The topological polar surface area (TPSA) is 111 Å². The molecule has 2 atom stereocenters. The van der Waals surface area contributed by atoms with Crippen LogP contribution in [0.3, 0.4) is 0 Å². The van der Waals surface area contributed by atoms with Crippen LogP contribution in [0.5, 0.6) is 11.5 Å². The zero-order valence-corrected chi connectivity index (χ0v) is 18.8. The summed E-state index contributed by atoms with van der Waals surface area (Å²) in [6, 6.07) is 2.57. The van der Waals surface area contributed by atoms with E-state index >= 15 is 0 Å². The molecular formula is C20H30N2O7S. The van der Waals surface area contributed by atoms with Crippen LogP contribution in [-0.4, -0.2) is 64.6 Å². The Bertz CT molecular complexity index is 870. The van der Waals surface area contributed by atoms with Gasteiger partial charge in [-0.2, -0.15) is 4.31 Å². The van der Waals surface area contributed by atoms with Gasteiger partial charge in [0.15, 0.2) is 11.5 Å². The molecule has 9 nitrogen and oxygen atoms in total. The molecule has 0 saturated carbocycles. The van der Waals surface area contributed by atoms with Crippen molar-refractivity contribution in [2.24, 2.45) is 5.92 Å². The highest BCUT2D eigenvalue weighted by Gasteiger charge is 2.41. The molecule has 0 radical (unpaired) electrons. The molecule has 30 heavy (non-hydrogen) atoms. The number of sulfonamides is 1. The number of hydrogen-bond donors (Lipinski definition) is 1. The van der Waals surface area contributed by atoms with Crippen molar-refractivity contribution in [2.45, 2.75) is 50.1 Å². The third kappa shape index (κ3) is 5.23. The Labute approximate surface area is 177 Å². The van der Waals surface area contributed by atoms with Crippen LogP contribution in [0.15, 0.2) is 23.1 Å². The van der Waals surface area contributed by atoms with E-state index in [0.717, 1.165) is 0 Å². The number of carbonyl (C=O) groups excluding carboxylic acids is 2. The van der Waals surface area contributed by atoms with Gasteiger partial charge >= 0.3 is 5.97 Å². The molecule has 2 unspecified atom stereocenters. The van der Waals surface area contributed by atoms with E-state index in [1.807, 2.05) is 13.8 Å². The van der Waals surface area contributed by atoms with Crippen LogP contribution in [0, 0.1) is 5.92 Å². The lowest BCUT2D eigenvalue weighted by Crippen LogP contribution is -2.51. The van der Waals surface area contributed by atoms with Crippen molar-refractivity contribution >= 4 is 21.9 Å². The summed E-state index contributed by atoms with van der Waals surface area (Å²) in [6.45, 7) is 4.05. The zero-order valence-electron chi connectivity index (χ0n) is 18.0. The summed E-state index contributed by atoms with van der Waals surface area (Å²) >= 11 is 0. The van der Waals surface area contributed by atoms with Crippen LogP contribution in [-0.2, 0) is 24.3 Å². The van der Waals surface area contributed by atoms with Crippen LogP contribution in [0.25, 0.3) is 0 Å². The van der Waals surface area contributed by atoms with Gasteiger partial charge in [-0.25, -0.2) is 13.2 Å². The van der Waals surface area contributed by atoms with Gasteiger partial charge in [-0.1, -0.05) is 13.8 Å². The molecule has 0 bridgehead atoms. The van der Waals surface area contributed by atoms with Crippen LogP contribution in [0.1, 0.15) is 33.1 Å². The fourth-order valence-corrected chi connectivity index (χ4v) is 5.17. The molecule has 1 amide bonds. The highest BCUT2D eigenvalue weighted by molar-refractivity contribution is 7.89. The van der Waals surface area contributed by atoms with Gasteiger partial charge in [0.2, 0.25) is 15.9 Å². The molecule has 1 heterocycles. The van der Waals surface area contributed by atoms with Gasteiger partial charge in [-0.05, 0) is 37.3 Å². The van der Waals surface area contributed by atoms with E-state index in [9.17, 15) is 18.0 Å². The fraction of sp³-hybridized carbons (Fsp3) is 0.600. The SMILES string of the molecule is COC(=O)C(CC(C)C)NC(=O)C1CCCN1S(=O)(=O)c1ccc(OC)c(OC)c1. The smallest absolute Gasteiger partial charge is 0.328 e. The molecule has 0 spiro atoms. The van der Waals surface area contributed by atoms with Gasteiger partial charge in [0.1, 0.15) is 12.1 Å². The molecular weight excluding hydrogens is 412 g/mol. The van der Waals surface area contributed by atoms with Gasteiger partial charge in [0, 0.05) is 12.6 Å². The van der Waals surface area contributed by atoms with Gasteiger partial charge < -0.3 is 19.5 Å². The van der Waals surface area contributed by atoms with Gasteiger partial charge in [0.05, 0.1) is 26.2 Å². The highest BCUT2D eigenvalue weighted by atomic mass is 32.2. The number of hydrogen-bond acceptors (Lipinski definition) is 7. The van der Waals surface area contributed by atoms with Crippen LogP contribution >= 0.6 is 0 Å². The van der Waals surface area contributed by atoms with Crippen molar-refractivity contribution < 1.29 is 32.2 Å². The Morgan fingerprint density at radius 2 is 1.83 bits per heavy atom. The predicted octanol–water partition coefficient (Wildman–Crippen LogP) is 1.56. The molecule has 2 rings (SSSR count). The Hall–Kier alpha value is -2.33. The standard InChI is InChI=1S/C20H30N2O7S/c1-13(2)11-15(20(24)29-5)21-19(23)16-7-6-10-22(16)30(25,26)14-8-9-17(27-3)18(12-14)28-4/h8-9,12-13,15-16H,6-7,10-11H2,1-5H3,(H,21,23). The molecule has 168 valence electrons. The Kier molecular flexibility index (Phi) is 8.08. The monoisotopic (exact) mass is 442 g/mol. The highest BCUT2D eigenvalue weighted by Crippen LogP contribution is 2.33. The maximum absolute atomic E-state index is 13.2. The van der Waals surface area contributed by atoms with E-state index in [-0.39, 0.29) is 23.1 Å². The van der Waals surface area contributed by atoms with E-state index in [4.69, 9.17) is 14.2 Å². The van der Waals surface area contributed by atoms with Crippen molar-refractivity contribution in [3.05, 3.63) is 18.2 Å². The van der Waals surface area contributed by atoms with Crippen molar-refractivity contribution in [2.75, 3.05) is 27.9 Å². The van der Waals surface area contributed by atoms with Crippen molar-refractivity contribution in [1.29, 1.82) is 0 Å². The van der Waals surface area contributed by atoms with Gasteiger partial charge in [-0.3, -0.25) is 4.79 Å². The second-order valence-corrected chi connectivity index (χ2v) is 9.40. The van der Waals surface area contributed by atoms with Crippen LogP contribution < -0.4 is 14.8 Å². The summed E-state index contributed by atoms with van der Waals surface area (Å²) in [7, 11) is 0.180. The predicted molar refractivity (Wildman–Crippen MR) is 110 cm³/mol. The van der Waals surface area contributed by atoms with Crippen molar-refractivity contribution in [3.63, 3.8) is 0 Å². The minimum atomic E-state index is -3.95. The normalized spacial score (nSPS) is 18.1. The van der Waals surface area contributed by atoms with E-state index in [1.165, 1.54) is 43.8 Å². The summed E-state index contributed by atoms with van der Waals surface area (Å²) in [5, 5.41) is 2.67. The number of amides is 1. The lowest BCUT2D eigenvalue weighted by molar-refractivity contribution is -0.145. The number of esters is 1. The number of nitrogens with one attached hydrogen (secondary N) is 1. The molecule has 1 aliphatic rings. The van der Waals surface area contributed by atoms with Crippen molar-refractivity contribution in [1.82, 2.24) is 9.62 Å². The van der Waals surface area contributed by atoms with Crippen molar-refractivity contribution in [3.8, 4) is 11.5 Å². The lowest BCUT2D eigenvalue weighted by Gasteiger charge is -2.26. The fourth-order valence-electron chi connectivity index (χ4n) is 3.50. The lowest BCUT2D eigenvalue weighted by atomic mass is 10.0. The van der Waals surface area contributed by atoms with E-state index in [0.29, 0.717) is 25.0 Å². The summed E-state index contributed by atoms with van der Waals surface area (Å²) in [5.74, 6) is -0.232. The molecule has 0 aliphatic carbocycles. The first-order valence-corrected chi connectivity index (χ1v) is 11.2. The summed E-state index contributed by atoms with van der Waals surface area (Å²) in [6.07, 6.45) is 1.30. The Morgan fingerprint density at radius 1 is 1.17 bits per heavy atom. The zero-order chi connectivity index (χ0) is 22.5. The molecule has 1 aromatic rings. The Morgan fingerprint density at radius 3 is 2.40 bits per heavy atom. The average molecular weight is 443 g/mol. The average Bonchev–Trinajstić information content (AvgIpc) is 3.22. The second kappa shape index (κ2) is 10.1. The third-order valence-electron chi connectivity index (χ3n) is 4.98. The number of methoxy groups -OCH3 is 3. The largest absolute Gasteiger partial charge is 0.493 e. The molecule has 1 saturated heterocycles. The minimum absolute atomic E-state index is 0.00606. The second-order valence-electron chi connectivity index (χ2n) is 7.50. The minimum Gasteiger partial charge on any atom is -0.493 e. The van der Waals surface area contributed by atoms with E-state index in [2.05, 4.69) is 5.32 Å². The van der Waals surface area contributed by atoms with E-state index in [1.54, 1.807) is 0 Å². The Balaban J connectivity index is 2.27. The van der Waals surface area contributed by atoms with E-state index < -0.39 is 34.0 Å². The summed E-state index contributed by atoms with van der Waals surface area (Å²) < 4.78 is 42.8. The number of ether oxygens (including phenoxy) is 3. The number of nitrogens with zero attached hydrogens (tertiary/aromatic N) is 1. The van der Waals surface area contributed by atoms with Gasteiger partial charge in [-0.15, -0.1) is 0 Å². The molecule has 0 aromatic heterocycles. The first-order valence-electron chi connectivity index (χ1n) is 9.77. The number of benzene rings is 1. The molecule has 1 aromatic carbocycles. The first-order chi connectivity index (χ1) is 14.1. The maximum atomic E-state index is 13.2. The quantitative estimate of drug-likeness (QED) is 0.578.